The maximum absolute atomic E-state index is 9.69. The highest BCUT2D eigenvalue weighted by atomic mass is 32.1. The number of benzene rings is 1. The van der Waals surface area contributed by atoms with Gasteiger partial charge in [-0.25, -0.2) is 4.98 Å². The van der Waals surface area contributed by atoms with Gasteiger partial charge in [0.2, 0.25) is 0 Å². The smallest absolute Gasteiger partial charge is 0.185 e. The van der Waals surface area contributed by atoms with Gasteiger partial charge in [-0.3, -0.25) is 0 Å². The van der Waals surface area contributed by atoms with Crippen LogP contribution in [-0.2, 0) is 0 Å². The zero-order valence-electron chi connectivity index (χ0n) is 10.8. The SMILES string of the molecule is OC1CCCN(c2ncc(-c3ccccc3)s2)CC1. The van der Waals surface area contributed by atoms with Crippen LogP contribution in [0.1, 0.15) is 19.3 Å². The van der Waals surface area contributed by atoms with E-state index in [0.29, 0.717) is 0 Å². The van der Waals surface area contributed by atoms with Gasteiger partial charge in [0.25, 0.3) is 0 Å². The van der Waals surface area contributed by atoms with E-state index in [0.717, 1.165) is 37.5 Å². The van der Waals surface area contributed by atoms with Gasteiger partial charge in [-0.1, -0.05) is 41.7 Å². The van der Waals surface area contributed by atoms with Gasteiger partial charge in [-0.15, -0.1) is 0 Å². The normalized spacial score (nSPS) is 20.3. The number of rotatable bonds is 2. The molecule has 0 bridgehead atoms. The van der Waals surface area contributed by atoms with E-state index in [2.05, 4.69) is 34.1 Å². The molecule has 1 aromatic heterocycles. The van der Waals surface area contributed by atoms with Crippen LogP contribution in [0.3, 0.4) is 0 Å². The molecule has 0 radical (unpaired) electrons. The number of hydrogen-bond acceptors (Lipinski definition) is 4. The number of aromatic nitrogens is 1. The summed E-state index contributed by atoms with van der Waals surface area (Å²) in [6, 6.07) is 10.4. The van der Waals surface area contributed by atoms with E-state index in [1.54, 1.807) is 11.3 Å². The molecule has 4 heteroatoms. The van der Waals surface area contributed by atoms with Crippen LogP contribution in [0.5, 0.6) is 0 Å². The van der Waals surface area contributed by atoms with Gasteiger partial charge < -0.3 is 10.0 Å². The third-order valence-corrected chi connectivity index (χ3v) is 4.63. The fourth-order valence-corrected chi connectivity index (χ4v) is 3.39. The predicted octanol–water partition coefficient (Wildman–Crippen LogP) is 3.16. The van der Waals surface area contributed by atoms with Crippen molar-refractivity contribution >= 4 is 16.5 Å². The number of thiazole rings is 1. The van der Waals surface area contributed by atoms with Gasteiger partial charge in [0.05, 0.1) is 11.0 Å². The van der Waals surface area contributed by atoms with Crippen LogP contribution in [0, 0.1) is 0 Å². The standard InChI is InChI=1S/C15H18N2OS/c18-13-7-4-9-17(10-8-13)15-16-11-14(19-15)12-5-2-1-3-6-12/h1-3,5-6,11,13,18H,4,7-10H2. The highest BCUT2D eigenvalue weighted by molar-refractivity contribution is 7.18. The predicted molar refractivity (Wildman–Crippen MR) is 79.6 cm³/mol. The molecule has 1 aromatic carbocycles. The lowest BCUT2D eigenvalue weighted by atomic mass is 10.2. The molecule has 1 aliphatic heterocycles. The van der Waals surface area contributed by atoms with Gasteiger partial charge in [0, 0.05) is 19.3 Å². The Labute approximate surface area is 117 Å². The lowest BCUT2D eigenvalue weighted by Crippen LogP contribution is -2.24. The van der Waals surface area contributed by atoms with E-state index in [1.165, 1.54) is 10.4 Å². The summed E-state index contributed by atoms with van der Waals surface area (Å²) >= 11 is 1.74. The Bertz CT molecular complexity index is 526. The molecule has 1 N–H and O–H groups in total. The third-order valence-electron chi connectivity index (χ3n) is 3.52. The number of aliphatic hydroxyl groups is 1. The molecule has 0 amide bonds. The molecule has 3 nitrogen and oxygen atoms in total. The van der Waals surface area contributed by atoms with E-state index in [1.807, 2.05) is 12.3 Å². The van der Waals surface area contributed by atoms with Crippen molar-refractivity contribution in [1.29, 1.82) is 0 Å². The van der Waals surface area contributed by atoms with Crippen LogP contribution in [0.15, 0.2) is 36.5 Å². The molecule has 0 aliphatic carbocycles. The molecule has 0 spiro atoms. The van der Waals surface area contributed by atoms with Crippen LogP contribution in [-0.4, -0.2) is 29.3 Å². The summed E-state index contributed by atoms with van der Waals surface area (Å²) in [4.78, 5) is 8.05. The quantitative estimate of drug-likeness (QED) is 0.914. The van der Waals surface area contributed by atoms with Gasteiger partial charge in [0.1, 0.15) is 0 Å². The molecule has 1 saturated heterocycles. The molecule has 1 aliphatic rings. The van der Waals surface area contributed by atoms with Gasteiger partial charge >= 0.3 is 0 Å². The van der Waals surface area contributed by atoms with Gasteiger partial charge in [-0.2, -0.15) is 0 Å². The molecule has 1 fully saturated rings. The first kappa shape index (κ1) is 12.6. The van der Waals surface area contributed by atoms with Crippen molar-refractivity contribution < 1.29 is 5.11 Å². The summed E-state index contributed by atoms with van der Waals surface area (Å²) in [7, 11) is 0. The summed E-state index contributed by atoms with van der Waals surface area (Å²) in [5, 5.41) is 10.8. The fourth-order valence-electron chi connectivity index (χ4n) is 2.42. The monoisotopic (exact) mass is 274 g/mol. The minimum absolute atomic E-state index is 0.140. The first-order valence-corrected chi connectivity index (χ1v) is 7.59. The van der Waals surface area contributed by atoms with E-state index in [9.17, 15) is 5.11 Å². The second-order valence-corrected chi connectivity index (χ2v) is 5.95. The summed E-state index contributed by atoms with van der Waals surface area (Å²) in [5.41, 5.74) is 1.22. The summed E-state index contributed by atoms with van der Waals surface area (Å²) in [6.45, 7) is 1.90. The average Bonchev–Trinajstić information content (AvgIpc) is 2.84. The molecule has 1 unspecified atom stereocenters. The largest absolute Gasteiger partial charge is 0.393 e. The van der Waals surface area contributed by atoms with Crippen molar-refractivity contribution in [2.24, 2.45) is 0 Å². The van der Waals surface area contributed by atoms with Crippen molar-refractivity contribution in [3.8, 4) is 10.4 Å². The summed E-state index contributed by atoms with van der Waals surface area (Å²) in [5.74, 6) is 0. The van der Waals surface area contributed by atoms with E-state index in [-0.39, 0.29) is 6.10 Å². The van der Waals surface area contributed by atoms with Crippen LogP contribution < -0.4 is 4.90 Å². The Morgan fingerprint density at radius 3 is 2.84 bits per heavy atom. The van der Waals surface area contributed by atoms with Crippen molar-refractivity contribution in [2.75, 3.05) is 18.0 Å². The molecule has 3 rings (SSSR count). The number of nitrogens with zero attached hydrogens (tertiary/aromatic N) is 2. The molecule has 100 valence electrons. The minimum Gasteiger partial charge on any atom is -0.393 e. The van der Waals surface area contributed by atoms with Crippen LogP contribution >= 0.6 is 11.3 Å². The molecule has 1 atom stereocenters. The van der Waals surface area contributed by atoms with E-state index < -0.39 is 0 Å². The van der Waals surface area contributed by atoms with Crippen molar-refractivity contribution in [1.82, 2.24) is 4.98 Å². The maximum Gasteiger partial charge on any atom is 0.185 e. The van der Waals surface area contributed by atoms with Crippen LogP contribution in [0.2, 0.25) is 0 Å². The molecule has 2 heterocycles. The highest BCUT2D eigenvalue weighted by Gasteiger charge is 2.17. The van der Waals surface area contributed by atoms with Crippen LogP contribution in [0.4, 0.5) is 5.13 Å². The zero-order chi connectivity index (χ0) is 13.1. The maximum atomic E-state index is 9.69. The first-order valence-electron chi connectivity index (χ1n) is 6.77. The van der Waals surface area contributed by atoms with Gasteiger partial charge in [-0.05, 0) is 24.8 Å². The Kier molecular flexibility index (Phi) is 3.80. The lowest BCUT2D eigenvalue weighted by Gasteiger charge is -2.18. The molecule has 0 saturated carbocycles. The molecular formula is C15H18N2OS. The second kappa shape index (κ2) is 5.72. The van der Waals surface area contributed by atoms with Crippen molar-refractivity contribution in [3.05, 3.63) is 36.5 Å². The Hall–Kier alpha value is -1.39. The van der Waals surface area contributed by atoms with E-state index in [4.69, 9.17) is 0 Å². The first-order chi connectivity index (χ1) is 9.33. The summed E-state index contributed by atoms with van der Waals surface area (Å²) < 4.78 is 0. The number of hydrogen-bond donors (Lipinski definition) is 1. The Morgan fingerprint density at radius 2 is 2.00 bits per heavy atom. The van der Waals surface area contributed by atoms with Gasteiger partial charge in [0.15, 0.2) is 5.13 Å². The molecule has 2 aromatic rings. The second-order valence-electron chi connectivity index (χ2n) is 4.94. The molecular weight excluding hydrogens is 256 g/mol. The highest BCUT2D eigenvalue weighted by Crippen LogP contribution is 2.31. The number of anilines is 1. The number of aliphatic hydroxyl groups excluding tert-OH is 1. The molecule has 19 heavy (non-hydrogen) atoms. The van der Waals surface area contributed by atoms with E-state index >= 15 is 0 Å². The van der Waals surface area contributed by atoms with Crippen LogP contribution in [0.25, 0.3) is 10.4 Å². The minimum atomic E-state index is -0.140. The fraction of sp³-hybridized carbons (Fsp3) is 0.400. The van der Waals surface area contributed by atoms with Crippen molar-refractivity contribution in [3.63, 3.8) is 0 Å². The Morgan fingerprint density at radius 1 is 1.16 bits per heavy atom. The van der Waals surface area contributed by atoms with Crippen molar-refractivity contribution in [2.45, 2.75) is 25.4 Å². The third kappa shape index (κ3) is 2.96. The average molecular weight is 274 g/mol. The lowest BCUT2D eigenvalue weighted by molar-refractivity contribution is 0.161. The topological polar surface area (TPSA) is 36.4 Å². The summed E-state index contributed by atoms with van der Waals surface area (Å²) in [6.07, 6.45) is 4.62. The Balaban J connectivity index is 1.77. The zero-order valence-corrected chi connectivity index (χ0v) is 11.6.